The van der Waals surface area contributed by atoms with Crippen LogP contribution in [0.4, 0.5) is 5.69 Å². The summed E-state index contributed by atoms with van der Waals surface area (Å²) in [5.41, 5.74) is 4.32. The van der Waals surface area contributed by atoms with E-state index < -0.39 is 0 Å². The molecule has 1 N–H and O–H groups in total. The van der Waals surface area contributed by atoms with Gasteiger partial charge in [-0.1, -0.05) is 39.8 Å². The number of anilines is 1. The van der Waals surface area contributed by atoms with Gasteiger partial charge in [0.05, 0.1) is 0 Å². The van der Waals surface area contributed by atoms with E-state index in [1.165, 1.54) is 29.7 Å². The number of hydrogen-bond acceptors (Lipinski definition) is 1. The lowest BCUT2D eigenvalue weighted by molar-refractivity contribution is 0.483. The quantitative estimate of drug-likeness (QED) is 0.783. The maximum absolute atomic E-state index is 3.66. The topological polar surface area (TPSA) is 12.0 Å². The molecule has 0 aromatic heterocycles. The van der Waals surface area contributed by atoms with Crippen molar-refractivity contribution in [3.63, 3.8) is 0 Å². The van der Waals surface area contributed by atoms with E-state index in [0.29, 0.717) is 12.0 Å². The fraction of sp³-hybridized carbons (Fsp3) is 0.600. The third-order valence-electron chi connectivity index (χ3n) is 3.67. The summed E-state index contributed by atoms with van der Waals surface area (Å²) in [6, 6.07) is 7.56. The summed E-state index contributed by atoms with van der Waals surface area (Å²) < 4.78 is 0. The van der Waals surface area contributed by atoms with Gasteiger partial charge in [0, 0.05) is 11.7 Å². The number of fused-ring (bicyclic) bond motifs is 1. The Hall–Kier alpha value is -0.980. The first-order valence-corrected chi connectivity index (χ1v) is 6.47. The van der Waals surface area contributed by atoms with Gasteiger partial charge in [0.25, 0.3) is 0 Å². The summed E-state index contributed by atoms with van der Waals surface area (Å²) >= 11 is 0. The second kappa shape index (κ2) is 4.48. The Bertz CT molecular complexity index is 366. The Morgan fingerprint density at radius 2 is 1.94 bits per heavy atom. The molecule has 0 spiro atoms. The fourth-order valence-corrected chi connectivity index (χ4v) is 2.40. The van der Waals surface area contributed by atoms with E-state index in [1.54, 1.807) is 0 Å². The summed E-state index contributed by atoms with van der Waals surface area (Å²) in [7, 11) is 0. The van der Waals surface area contributed by atoms with E-state index in [1.807, 2.05) is 0 Å². The van der Waals surface area contributed by atoms with Gasteiger partial charge in [-0.15, -0.1) is 0 Å². The second-order valence-corrected chi connectivity index (χ2v) is 5.60. The molecule has 1 heteroatoms. The normalized spacial score (nSPS) is 19.8. The molecule has 1 aliphatic heterocycles. The molecule has 0 saturated heterocycles. The number of hydrogen-bond donors (Lipinski definition) is 1. The highest BCUT2D eigenvalue weighted by atomic mass is 14.9. The first-order chi connectivity index (χ1) is 7.58. The largest absolute Gasteiger partial charge is 0.382 e. The molecule has 0 amide bonds. The van der Waals surface area contributed by atoms with Gasteiger partial charge < -0.3 is 5.32 Å². The van der Waals surface area contributed by atoms with Crippen LogP contribution in [0.1, 0.15) is 51.2 Å². The molecule has 0 fully saturated rings. The van der Waals surface area contributed by atoms with Crippen LogP contribution in [0.15, 0.2) is 18.2 Å². The van der Waals surface area contributed by atoms with Crippen LogP contribution in [-0.2, 0) is 6.42 Å². The minimum Gasteiger partial charge on any atom is -0.382 e. The maximum Gasteiger partial charge on any atom is 0.0375 e. The number of nitrogens with one attached hydrogen (secondary N) is 1. The van der Waals surface area contributed by atoms with E-state index in [9.17, 15) is 0 Å². The van der Waals surface area contributed by atoms with Crippen molar-refractivity contribution in [2.24, 2.45) is 5.92 Å². The first-order valence-electron chi connectivity index (χ1n) is 6.47. The molecule has 0 radical (unpaired) electrons. The Balaban J connectivity index is 2.22. The molecule has 1 aromatic carbocycles. The van der Waals surface area contributed by atoms with Crippen molar-refractivity contribution in [1.29, 1.82) is 0 Å². The summed E-state index contributed by atoms with van der Waals surface area (Å²) in [5.74, 6) is 1.35. The van der Waals surface area contributed by atoms with Crippen LogP contribution in [0.2, 0.25) is 0 Å². The Morgan fingerprint density at radius 1 is 1.19 bits per heavy atom. The molecule has 0 saturated carbocycles. The van der Waals surface area contributed by atoms with Gasteiger partial charge in [-0.2, -0.15) is 0 Å². The van der Waals surface area contributed by atoms with Crippen molar-refractivity contribution in [2.75, 3.05) is 5.32 Å². The van der Waals surface area contributed by atoms with Crippen molar-refractivity contribution in [3.05, 3.63) is 29.3 Å². The predicted molar refractivity (Wildman–Crippen MR) is 71.1 cm³/mol. The third kappa shape index (κ3) is 2.23. The lowest BCUT2D eigenvalue weighted by Crippen LogP contribution is -2.30. The fourth-order valence-electron chi connectivity index (χ4n) is 2.40. The molecule has 1 aliphatic rings. The van der Waals surface area contributed by atoms with Crippen molar-refractivity contribution >= 4 is 5.69 Å². The second-order valence-electron chi connectivity index (χ2n) is 5.60. The molecular formula is C15H23N. The molecule has 2 rings (SSSR count). The van der Waals surface area contributed by atoms with E-state index in [4.69, 9.17) is 0 Å². The van der Waals surface area contributed by atoms with Crippen molar-refractivity contribution in [2.45, 2.75) is 52.5 Å². The Kier molecular flexibility index (Phi) is 3.22. The Morgan fingerprint density at radius 3 is 2.56 bits per heavy atom. The lowest BCUT2D eigenvalue weighted by atomic mass is 9.89. The molecule has 0 aliphatic carbocycles. The minimum atomic E-state index is 0.633. The van der Waals surface area contributed by atoms with E-state index in [0.717, 1.165) is 5.92 Å². The van der Waals surface area contributed by atoms with Gasteiger partial charge in [0.15, 0.2) is 0 Å². The zero-order chi connectivity index (χ0) is 11.7. The molecule has 1 nitrogen and oxygen atoms in total. The van der Waals surface area contributed by atoms with Crippen molar-refractivity contribution in [1.82, 2.24) is 0 Å². The van der Waals surface area contributed by atoms with Crippen LogP contribution in [0.25, 0.3) is 0 Å². The van der Waals surface area contributed by atoms with Gasteiger partial charge in [0.1, 0.15) is 0 Å². The van der Waals surface area contributed by atoms with E-state index in [2.05, 4.69) is 51.2 Å². The van der Waals surface area contributed by atoms with Gasteiger partial charge in [-0.05, 0) is 41.9 Å². The molecule has 0 bridgehead atoms. The summed E-state index contributed by atoms with van der Waals surface area (Å²) in [6.07, 6.45) is 2.50. The summed E-state index contributed by atoms with van der Waals surface area (Å²) in [5, 5.41) is 3.66. The SMILES string of the molecule is CC(C)c1ccc2c(c1)CCC(C(C)C)N2. The van der Waals surface area contributed by atoms with Crippen LogP contribution in [0.5, 0.6) is 0 Å². The molecule has 1 aromatic rings. The number of benzene rings is 1. The standard InChI is InChI=1S/C15H23N/c1-10(2)12-5-8-15-13(9-12)6-7-14(16-15)11(3)4/h5,8-11,14,16H,6-7H2,1-4H3. The van der Waals surface area contributed by atoms with E-state index in [-0.39, 0.29) is 0 Å². The minimum absolute atomic E-state index is 0.633. The van der Waals surface area contributed by atoms with Gasteiger partial charge in [0.2, 0.25) is 0 Å². The van der Waals surface area contributed by atoms with Crippen LogP contribution < -0.4 is 5.32 Å². The summed E-state index contributed by atoms with van der Waals surface area (Å²) in [6.45, 7) is 9.11. The van der Waals surface area contributed by atoms with E-state index >= 15 is 0 Å². The third-order valence-corrected chi connectivity index (χ3v) is 3.67. The smallest absolute Gasteiger partial charge is 0.0375 e. The average Bonchev–Trinajstić information content (AvgIpc) is 2.27. The molecule has 88 valence electrons. The monoisotopic (exact) mass is 217 g/mol. The van der Waals surface area contributed by atoms with Gasteiger partial charge >= 0.3 is 0 Å². The lowest BCUT2D eigenvalue weighted by Gasteiger charge is -2.30. The molecule has 1 heterocycles. The van der Waals surface area contributed by atoms with Crippen LogP contribution in [0.3, 0.4) is 0 Å². The number of aryl methyl sites for hydroxylation is 1. The predicted octanol–water partition coefficient (Wildman–Crippen LogP) is 4.19. The van der Waals surface area contributed by atoms with Crippen LogP contribution in [-0.4, -0.2) is 6.04 Å². The molecule has 1 atom stereocenters. The zero-order valence-electron chi connectivity index (χ0n) is 10.9. The van der Waals surface area contributed by atoms with Crippen LogP contribution >= 0.6 is 0 Å². The highest BCUT2D eigenvalue weighted by Crippen LogP contribution is 2.30. The van der Waals surface area contributed by atoms with Crippen molar-refractivity contribution in [3.8, 4) is 0 Å². The van der Waals surface area contributed by atoms with Crippen LogP contribution in [0, 0.1) is 5.92 Å². The number of rotatable bonds is 2. The highest BCUT2D eigenvalue weighted by Gasteiger charge is 2.20. The average molecular weight is 217 g/mol. The van der Waals surface area contributed by atoms with Gasteiger partial charge in [-0.3, -0.25) is 0 Å². The summed E-state index contributed by atoms with van der Waals surface area (Å²) in [4.78, 5) is 0. The molecular weight excluding hydrogens is 194 g/mol. The van der Waals surface area contributed by atoms with Crippen molar-refractivity contribution < 1.29 is 0 Å². The molecule has 1 unspecified atom stereocenters. The Labute approximate surface area is 99.3 Å². The molecule has 16 heavy (non-hydrogen) atoms. The highest BCUT2D eigenvalue weighted by molar-refractivity contribution is 5.55. The first kappa shape index (κ1) is 11.5. The zero-order valence-corrected chi connectivity index (χ0v) is 10.9. The maximum atomic E-state index is 3.66. The van der Waals surface area contributed by atoms with Gasteiger partial charge in [-0.25, -0.2) is 0 Å².